The summed E-state index contributed by atoms with van der Waals surface area (Å²) in [6.07, 6.45) is 0. The van der Waals surface area contributed by atoms with Crippen LogP contribution in [0.4, 0.5) is 0 Å². The molecule has 0 aliphatic rings. The Balaban J connectivity index is -0.00000000500. The van der Waals surface area contributed by atoms with Crippen molar-refractivity contribution in [2.75, 3.05) is 0 Å². The minimum absolute atomic E-state index is 0. The van der Waals surface area contributed by atoms with Gasteiger partial charge in [0.05, 0.1) is 0 Å². The third-order valence-electron chi connectivity index (χ3n) is 0. The average molecular weight is 128 g/mol. The van der Waals surface area contributed by atoms with Gasteiger partial charge in [-0.15, -0.1) is 0 Å². The number of hydrogen-bond donors (Lipinski definition) is 0. The summed E-state index contributed by atoms with van der Waals surface area (Å²) in [5, 5.41) is 0. The van der Waals surface area contributed by atoms with Gasteiger partial charge in [0, 0.05) is 0 Å². The molecule has 0 radical (unpaired) electrons. The molecular formula is H3K2OP. The SMILES string of the molecule is O=P.[KH].[KH]. The average Bonchev–Trinajstić information content (AvgIpc) is 1.00. The number of rotatable bonds is 0. The van der Waals surface area contributed by atoms with Gasteiger partial charge < -0.3 is 0 Å². The molecule has 0 rings (SSSR count). The molecule has 0 atom stereocenters. The van der Waals surface area contributed by atoms with Crippen LogP contribution in [0.15, 0.2) is 0 Å². The van der Waals surface area contributed by atoms with Gasteiger partial charge in [0.1, 0.15) is 9.12 Å². The summed E-state index contributed by atoms with van der Waals surface area (Å²) in [6.45, 7) is 0. The van der Waals surface area contributed by atoms with Gasteiger partial charge in [0.2, 0.25) is 0 Å². The molecule has 0 aliphatic heterocycles. The van der Waals surface area contributed by atoms with E-state index in [1.165, 1.54) is 0 Å². The first kappa shape index (κ1) is 15.7. The van der Waals surface area contributed by atoms with E-state index in [4.69, 9.17) is 4.57 Å². The van der Waals surface area contributed by atoms with Crippen molar-refractivity contribution in [2.45, 2.75) is 0 Å². The first-order chi connectivity index (χ1) is 1.00. The van der Waals surface area contributed by atoms with E-state index < -0.39 is 0 Å². The molecule has 0 heterocycles. The Morgan fingerprint density at radius 1 is 1.00 bits per heavy atom. The molecule has 0 unspecified atom stereocenters. The van der Waals surface area contributed by atoms with Gasteiger partial charge in [0.15, 0.2) is 0 Å². The van der Waals surface area contributed by atoms with Crippen LogP contribution in [0.5, 0.6) is 0 Å². The molecule has 0 saturated heterocycles. The molecule has 4 heavy (non-hydrogen) atoms. The topological polar surface area (TPSA) is 17.1 Å². The number of hydrogen-bond acceptors (Lipinski definition) is 1. The van der Waals surface area contributed by atoms with Crippen molar-refractivity contribution < 1.29 is 4.57 Å². The van der Waals surface area contributed by atoms with E-state index in [1.54, 1.807) is 9.12 Å². The molecule has 0 aromatic rings. The second-order valence-electron chi connectivity index (χ2n) is 0. The van der Waals surface area contributed by atoms with Crippen LogP contribution >= 0.6 is 9.12 Å². The van der Waals surface area contributed by atoms with Crippen LogP contribution in [0.2, 0.25) is 0 Å². The van der Waals surface area contributed by atoms with Crippen LogP contribution in [-0.4, -0.2) is 103 Å². The van der Waals surface area contributed by atoms with Crippen molar-refractivity contribution in [2.24, 2.45) is 0 Å². The minimum atomic E-state index is 0. The molecular weight excluding hydrogens is 125 g/mol. The van der Waals surface area contributed by atoms with Crippen molar-refractivity contribution >= 4 is 112 Å². The van der Waals surface area contributed by atoms with Gasteiger partial charge >= 0.3 is 103 Å². The summed E-state index contributed by atoms with van der Waals surface area (Å²) >= 11 is 0. The fraction of sp³-hybridized carbons (Fsp3) is 0. The molecule has 16 valence electrons. The Morgan fingerprint density at radius 3 is 1.00 bits per heavy atom. The Kier molecular flexibility index (Phi) is 63.3. The van der Waals surface area contributed by atoms with Gasteiger partial charge in [-0.25, -0.2) is 0 Å². The van der Waals surface area contributed by atoms with Gasteiger partial charge in [-0.05, 0) is 0 Å². The van der Waals surface area contributed by atoms with E-state index in [0.717, 1.165) is 0 Å². The molecule has 0 fully saturated rings. The van der Waals surface area contributed by atoms with E-state index in [0.29, 0.717) is 0 Å². The van der Waals surface area contributed by atoms with E-state index in [-0.39, 0.29) is 103 Å². The second-order valence-corrected chi connectivity index (χ2v) is 0. The van der Waals surface area contributed by atoms with Gasteiger partial charge in [-0.1, -0.05) is 0 Å². The van der Waals surface area contributed by atoms with Crippen LogP contribution in [0.1, 0.15) is 0 Å². The third-order valence-corrected chi connectivity index (χ3v) is 0. The van der Waals surface area contributed by atoms with Crippen LogP contribution in [0.3, 0.4) is 0 Å². The van der Waals surface area contributed by atoms with Crippen molar-refractivity contribution in [3.8, 4) is 0 Å². The van der Waals surface area contributed by atoms with E-state index in [1.807, 2.05) is 0 Å². The van der Waals surface area contributed by atoms with Crippen LogP contribution in [0.25, 0.3) is 0 Å². The normalized spacial score (nSPS) is 1.00. The zero-order valence-electron chi connectivity index (χ0n) is 0.908. The van der Waals surface area contributed by atoms with Crippen LogP contribution < -0.4 is 0 Å². The summed E-state index contributed by atoms with van der Waals surface area (Å²) < 4.78 is 8.06. The molecule has 0 aliphatic carbocycles. The van der Waals surface area contributed by atoms with E-state index in [2.05, 4.69) is 0 Å². The van der Waals surface area contributed by atoms with Crippen molar-refractivity contribution in [3.63, 3.8) is 0 Å². The van der Waals surface area contributed by atoms with E-state index >= 15 is 0 Å². The molecule has 0 bridgehead atoms. The maximum atomic E-state index is 8.06. The van der Waals surface area contributed by atoms with Gasteiger partial charge in [0.25, 0.3) is 0 Å². The monoisotopic (exact) mass is 128 g/mol. The molecule has 1 nitrogen and oxygen atoms in total. The van der Waals surface area contributed by atoms with Crippen molar-refractivity contribution in [1.29, 1.82) is 0 Å². The molecule has 0 saturated carbocycles. The molecule has 0 aromatic heterocycles. The fourth-order valence-corrected chi connectivity index (χ4v) is 0. The summed E-state index contributed by atoms with van der Waals surface area (Å²) in [5.41, 5.74) is 0. The Bertz CT molecular complexity index is 6.00. The van der Waals surface area contributed by atoms with E-state index in [9.17, 15) is 0 Å². The third kappa shape index (κ3) is 9.03. The Hall–Kier alpha value is 3.37. The predicted molar refractivity (Wildman–Crippen MR) is 23.3 cm³/mol. The molecule has 0 spiro atoms. The molecule has 4 heteroatoms. The van der Waals surface area contributed by atoms with Crippen molar-refractivity contribution in [1.82, 2.24) is 0 Å². The second kappa shape index (κ2) is 16.2. The predicted octanol–water partition coefficient (Wildman–Crippen LogP) is -0.822. The van der Waals surface area contributed by atoms with Crippen molar-refractivity contribution in [3.05, 3.63) is 0 Å². The molecule has 0 amide bonds. The zero-order chi connectivity index (χ0) is 2.00. The summed E-state index contributed by atoms with van der Waals surface area (Å²) in [6, 6.07) is 0. The summed E-state index contributed by atoms with van der Waals surface area (Å²) in [5.74, 6) is 0. The molecule has 0 N–H and O–H groups in total. The first-order valence-electron chi connectivity index (χ1n) is 0.204. The van der Waals surface area contributed by atoms with Crippen LogP contribution in [0, 0.1) is 0 Å². The van der Waals surface area contributed by atoms with Crippen LogP contribution in [-0.2, 0) is 4.57 Å². The Labute approximate surface area is 113 Å². The summed E-state index contributed by atoms with van der Waals surface area (Å²) in [7, 11) is 1.72. The Morgan fingerprint density at radius 2 is 1.00 bits per heavy atom. The standard InChI is InChI=1S/2K.HOP.2H/c;;1-2;;/h;;2H;;. The zero-order valence-corrected chi connectivity index (χ0v) is 1.91. The molecule has 0 aromatic carbocycles. The summed E-state index contributed by atoms with van der Waals surface area (Å²) in [4.78, 5) is 0. The fourth-order valence-electron chi connectivity index (χ4n) is 0. The quantitative estimate of drug-likeness (QED) is 0.308. The maximum absolute atomic E-state index is 8.06. The van der Waals surface area contributed by atoms with Gasteiger partial charge in [-0.2, -0.15) is 0 Å². The van der Waals surface area contributed by atoms with Gasteiger partial charge in [-0.3, -0.25) is 4.57 Å². The first-order valence-corrected chi connectivity index (χ1v) is 0.612.